The van der Waals surface area contributed by atoms with Crippen LogP contribution >= 0.6 is 39.1 Å². The van der Waals surface area contributed by atoms with Crippen LogP contribution in [0.15, 0.2) is 40.9 Å². The van der Waals surface area contributed by atoms with Crippen LogP contribution in [0.4, 0.5) is 5.69 Å². The Morgan fingerprint density at radius 2 is 1.95 bits per heavy atom. The zero-order valence-corrected chi connectivity index (χ0v) is 13.7. The molecule has 0 saturated carbocycles. The standard InChI is InChI=1S/C15H12BrCl2NO/c16-13-14(18)11(17)8-12-15(13)19(6-7-20-12)9-10-4-2-1-3-5-10/h1-5,8H,6-7,9H2. The number of anilines is 1. The average Bonchev–Trinajstić information content (AvgIpc) is 2.46. The number of nitrogens with zero attached hydrogens (tertiary/aromatic N) is 1. The Kier molecular flexibility index (Phi) is 4.11. The summed E-state index contributed by atoms with van der Waals surface area (Å²) in [6.45, 7) is 2.27. The molecule has 0 aliphatic carbocycles. The summed E-state index contributed by atoms with van der Waals surface area (Å²) in [5.41, 5.74) is 2.22. The normalized spacial score (nSPS) is 13.8. The van der Waals surface area contributed by atoms with Crippen LogP contribution in [0.5, 0.6) is 5.75 Å². The Morgan fingerprint density at radius 1 is 1.20 bits per heavy atom. The molecule has 0 spiro atoms. The average molecular weight is 373 g/mol. The van der Waals surface area contributed by atoms with Gasteiger partial charge in [-0.15, -0.1) is 0 Å². The van der Waals surface area contributed by atoms with Gasteiger partial charge in [-0.2, -0.15) is 0 Å². The first-order valence-electron chi connectivity index (χ1n) is 6.26. The summed E-state index contributed by atoms with van der Waals surface area (Å²) in [6.07, 6.45) is 0. The van der Waals surface area contributed by atoms with Crippen molar-refractivity contribution in [3.05, 3.63) is 56.5 Å². The monoisotopic (exact) mass is 371 g/mol. The van der Waals surface area contributed by atoms with E-state index >= 15 is 0 Å². The third kappa shape index (κ3) is 2.62. The van der Waals surface area contributed by atoms with Crippen molar-refractivity contribution in [1.82, 2.24) is 0 Å². The van der Waals surface area contributed by atoms with E-state index in [0.29, 0.717) is 16.7 Å². The molecule has 0 bridgehead atoms. The fourth-order valence-electron chi connectivity index (χ4n) is 2.31. The second-order valence-electron chi connectivity index (χ2n) is 4.59. The molecule has 0 radical (unpaired) electrons. The lowest BCUT2D eigenvalue weighted by Crippen LogP contribution is -2.32. The van der Waals surface area contributed by atoms with E-state index < -0.39 is 0 Å². The van der Waals surface area contributed by atoms with Gasteiger partial charge >= 0.3 is 0 Å². The third-order valence-corrected chi connectivity index (χ3v) is 5.04. The summed E-state index contributed by atoms with van der Waals surface area (Å²) in [4.78, 5) is 2.25. The molecule has 0 saturated heterocycles. The molecule has 0 aromatic heterocycles. The summed E-state index contributed by atoms with van der Waals surface area (Å²) in [7, 11) is 0. The van der Waals surface area contributed by atoms with Crippen molar-refractivity contribution in [2.24, 2.45) is 0 Å². The molecule has 104 valence electrons. The van der Waals surface area contributed by atoms with Crippen molar-refractivity contribution in [1.29, 1.82) is 0 Å². The Morgan fingerprint density at radius 3 is 2.70 bits per heavy atom. The van der Waals surface area contributed by atoms with E-state index in [2.05, 4.69) is 33.0 Å². The van der Waals surface area contributed by atoms with Crippen molar-refractivity contribution >= 4 is 44.8 Å². The summed E-state index contributed by atoms with van der Waals surface area (Å²) in [5.74, 6) is 0.772. The smallest absolute Gasteiger partial charge is 0.145 e. The first-order valence-corrected chi connectivity index (χ1v) is 7.81. The number of rotatable bonds is 2. The van der Waals surface area contributed by atoms with E-state index in [-0.39, 0.29) is 0 Å². The summed E-state index contributed by atoms with van der Waals surface area (Å²) in [6, 6.07) is 12.1. The van der Waals surface area contributed by atoms with Crippen molar-refractivity contribution in [2.45, 2.75) is 6.54 Å². The first kappa shape index (κ1) is 14.1. The zero-order chi connectivity index (χ0) is 14.1. The Hall–Kier alpha value is -0.900. The molecule has 2 aromatic rings. The van der Waals surface area contributed by atoms with Crippen LogP contribution in [0.2, 0.25) is 10.0 Å². The van der Waals surface area contributed by atoms with Gasteiger partial charge in [-0.3, -0.25) is 0 Å². The minimum absolute atomic E-state index is 0.499. The molecule has 2 nitrogen and oxygen atoms in total. The van der Waals surface area contributed by atoms with Crippen molar-refractivity contribution in [3.8, 4) is 5.75 Å². The van der Waals surface area contributed by atoms with Gasteiger partial charge in [-0.25, -0.2) is 0 Å². The minimum Gasteiger partial charge on any atom is -0.489 e. The van der Waals surface area contributed by atoms with E-state index in [9.17, 15) is 0 Å². The van der Waals surface area contributed by atoms with E-state index in [4.69, 9.17) is 27.9 Å². The number of ether oxygens (including phenoxy) is 1. The van der Waals surface area contributed by atoms with Crippen molar-refractivity contribution in [3.63, 3.8) is 0 Å². The maximum absolute atomic E-state index is 6.22. The fourth-order valence-corrected chi connectivity index (χ4v) is 3.42. The van der Waals surface area contributed by atoms with E-state index in [1.807, 2.05) is 18.2 Å². The van der Waals surface area contributed by atoms with Crippen LogP contribution in [-0.4, -0.2) is 13.2 Å². The molecule has 3 rings (SSSR count). The molecular formula is C15H12BrCl2NO. The number of benzene rings is 2. The summed E-state index contributed by atoms with van der Waals surface area (Å²) < 4.78 is 6.48. The second kappa shape index (κ2) is 5.84. The molecule has 0 amide bonds. The van der Waals surface area contributed by atoms with Gasteiger partial charge in [0.2, 0.25) is 0 Å². The van der Waals surface area contributed by atoms with Crippen LogP contribution < -0.4 is 9.64 Å². The maximum Gasteiger partial charge on any atom is 0.145 e. The van der Waals surface area contributed by atoms with Gasteiger partial charge in [0.15, 0.2) is 0 Å². The molecule has 5 heteroatoms. The first-order chi connectivity index (χ1) is 9.66. The Bertz CT molecular complexity index is 634. The summed E-state index contributed by atoms with van der Waals surface area (Å²) in [5, 5.41) is 1.02. The van der Waals surface area contributed by atoms with Gasteiger partial charge < -0.3 is 9.64 Å². The molecule has 2 aromatic carbocycles. The van der Waals surface area contributed by atoms with Gasteiger partial charge in [0, 0.05) is 12.6 Å². The molecule has 1 aliphatic heterocycles. The number of halogens is 3. The number of hydrogen-bond acceptors (Lipinski definition) is 2. The fraction of sp³-hybridized carbons (Fsp3) is 0.200. The van der Waals surface area contributed by atoms with Crippen molar-refractivity contribution in [2.75, 3.05) is 18.1 Å². The zero-order valence-electron chi connectivity index (χ0n) is 10.6. The van der Waals surface area contributed by atoms with Crippen molar-refractivity contribution < 1.29 is 4.74 Å². The SMILES string of the molecule is Clc1cc2c(c(Br)c1Cl)N(Cc1ccccc1)CCO2. The van der Waals surface area contributed by atoms with Crippen LogP contribution in [0.3, 0.4) is 0 Å². The van der Waals surface area contributed by atoms with E-state index in [0.717, 1.165) is 29.0 Å². The van der Waals surface area contributed by atoms with Crippen LogP contribution in [0.1, 0.15) is 5.56 Å². The largest absolute Gasteiger partial charge is 0.489 e. The highest BCUT2D eigenvalue weighted by molar-refractivity contribution is 9.10. The molecule has 0 unspecified atom stereocenters. The van der Waals surface area contributed by atoms with Gasteiger partial charge in [0.1, 0.15) is 12.4 Å². The molecule has 1 aliphatic rings. The van der Waals surface area contributed by atoms with Gasteiger partial charge in [-0.05, 0) is 21.5 Å². The predicted octanol–water partition coefficient (Wildman–Crippen LogP) is 5.15. The molecule has 20 heavy (non-hydrogen) atoms. The maximum atomic E-state index is 6.22. The highest BCUT2D eigenvalue weighted by Crippen LogP contribution is 2.46. The quantitative estimate of drug-likeness (QED) is 0.675. The Labute approximate surface area is 136 Å². The van der Waals surface area contributed by atoms with Gasteiger partial charge in [-0.1, -0.05) is 53.5 Å². The van der Waals surface area contributed by atoms with Crippen LogP contribution in [0, 0.1) is 0 Å². The predicted molar refractivity (Wildman–Crippen MR) is 87.1 cm³/mol. The topological polar surface area (TPSA) is 12.5 Å². The van der Waals surface area contributed by atoms with E-state index in [1.165, 1.54) is 5.56 Å². The van der Waals surface area contributed by atoms with Gasteiger partial charge in [0.05, 0.1) is 26.8 Å². The summed E-state index contributed by atoms with van der Waals surface area (Å²) >= 11 is 15.9. The molecule has 1 heterocycles. The van der Waals surface area contributed by atoms with Crippen LogP contribution in [0.25, 0.3) is 0 Å². The van der Waals surface area contributed by atoms with Crippen LogP contribution in [-0.2, 0) is 6.54 Å². The third-order valence-electron chi connectivity index (χ3n) is 3.25. The minimum atomic E-state index is 0.499. The second-order valence-corrected chi connectivity index (χ2v) is 6.17. The molecular weight excluding hydrogens is 361 g/mol. The lowest BCUT2D eigenvalue weighted by molar-refractivity contribution is 0.306. The highest BCUT2D eigenvalue weighted by atomic mass is 79.9. The molecule has 0 fully saturated rings. The number of hydrogen-bond donors (Lipinski definition) is 0. The van der Waals surface area contributed by atoms with E-state index in [1.54, 1.807) is 6.07 Å². The molecule has 0 N–H and O–H groups in total. The highest BCUT2D eigenvalue weighted by Gasteiger charge is 2.24. The molecule has 0 atom stereocenters. The lowest BCUT2D eigenvalue weighted by atomic mass is 10.1. The lowest BCUT2D eigenvalue weighted by Gasteiger charge is -2.32. The number of fused-ring (bicyclic) bond motifs is 1. The van der Waals surface area contributed by atoms with Gasteiger partial charge in [0.25, 0.3) is 0 Å². The Balaban J connectivity index is 1.99.